The van der Waals surface area contributed by atoms with Crippen LogP contribution in [0.5, 0.6) is 0 Å². The Morgan fingerprint density at radius 1 is 1.20 bits per heavy atom. The first-order valence-corrected chi connectivity index (χ1v) is 5.22. The van der Waals surface area contributed by atoms with Crippen LogP contribution in [-0.4, -0.2) is 31.3 Å². The van der Waals surface area contributed by atoms with Gasteiger partial charge in [-0.1, -0.05) is 13.8 Å². The lowest BCUT2D eigenvalue weighted by Gasteiger charge is -2.19. The lowest BCUT2D eigenvalue weighted by atomic mass is 10.1. The van der Waals surface area contributed by atoms with Gasteiger partial charge in [0, 0.05) is 0 Å². The molecule has 0 heterocycles. The van der Waals surface area contributed by atoms with Crippen molar-refractivity contribution in [3.8, 4) is 0 Å². The van der Waals surface area contributed by atoms with Crippen molar-refractivity contribution in [1.82, 2.24) is 5.43 Å². The maximum absolute atomic E-state index is 11.3. The third-order valence-corrected chi connectivity index (χ3v) is 1.84. The molecule has 1 unspecified atom stereocenters. The number of hydrogen-bond acceptors (Lipinski definition) is 4. The second kappa shape index (κ2) is 7.62. The van der Waals surface area contributed by atoms with E-state index in [2.05, 4.69) is 5.43 Å². The van der Waals surface area contributed by atoms with Crippen LogP contribution in [0, 0.1) is 5.92 Å². The van der Waals surface area contributed by atoms with Crippen molar-refractivity contribution in [3.63, 3.8) is 0 Å². The van der Waals surface area contributed by atoms with E-state index in [1.807, 2.05) is 27.7 Å². The number of rotatable bonds is 7. The van der Waals surface area contributed by atoms with Crippen molar-refractivity contribution in [3.05, 3.63) is 0 Å². The molecule has 0 saturated carbocycles. The molecule has 15 heavy (non-hydrogen) atoms. The molecule has 90 valence electrons. The van der Waals surface area contributed by atoms with E-state index in [4.69, 9.17) is 15.3 Å². The molecule has 5 nitrogen and oxygen atoms in total. The highest BCUT2D eigenvalue weighted by molar-refractivity contribution is 5.80. The molecule has 0 aliphatic carbocycles. The zero-order valence-corrected chi connectivity index (χ0v) is 9.95. The summed E-state index contributed by atoms with van der Waals surface area (Å²) in [5, 5.41) is 0. The highest BCUT2D eigenvalue weighted by Crippen LogP contribution is 2.06. The molecule has 0 aliphatic rings. The maximum Gasteiger partial charge on any atom is 0.263 e. The number of amides is 1. The van der Waals surface area contributed by atoms with Gasteiger partial charge in [0.2, 0.25) is 0 Å². The molecule has 0 aromatic carbocycles. The van der Waals surface area contributed by atoms with Gasteiger partial charge in [0.05, 0.1) is 19.3 Å². The fraction of sp³-hybridized carbons (Fsp3) is 0.900. The van der Waals surface area contributed by atoms with E-state index in [1.54, 1.807) is 0 Å². The van der Waals surface area contributed by atoms with Gasteiger partial charge in [-0.2, -0.15) is 0 Å². The summed E-state index contributed by atoms with van der Waals surface area (Å²) in [7, 11) is 0. The highest BCUT2D eigenvalue weighted by atomic mass is 16.5. The molecule has 0 aromatic heterocycles. The fourth-order valence-electron chi connectivity index (χ4n) is 1.11. The zero-order chi connectivity index (χ0) is 11.8. The smallest absolute Gasteiger partial charge is 0.263 e. The van der Waals surface area contributed by atoms with E-state index in [-0.39, 0.29) is 17.9 Å². The van der Waals surface area contributed by atoms with Gasteiger partial charge >= 0.3 is 0 Å². The van der Waals surface area contributed by atoms with Gasteiger partial charge in [-0.05, 0) is 19.8 Å². The van der Waals surface area contributed by atoms with Crippen molar-refractivity contribution in [2.75, 3.05) is 13.2 Å². The van der Waals surface area contributed by atoms with Crippen LogP contribution in [0.3, 0.4) is 0 Å². The number of hydrazine groups is 1. The summed E-state index contributed by atoms with van der Waals surface area (Å²) >= 11 is 0. The molecule has 5 heteroatoms. The fourth-order valence-corrected chi connectivity index (χ4v) is 1.11. The van der Waals surface area contributed by atoms with Crippen LogP contribution in [0.4, 0.5) is 0 Å². The quantitative estimate of drug-likeness (QED) is 0.281. The molecule has 0 aliphatic heterocycles. The molecule has 0 aromatic rings. The third kappa shape index (κ3) is 6.43. The highest BCUT2D eigenvalue weighted by Gasteiger charge is 2.21. The van der Waals surface area contributed by atoms with Gasteiger partial charge in [0.25, 0.3) is 5.91 Å². The Bertz CT molecular complexity index is 184. The van der Waals surface area contributed by atoms with E-state index in [9.17, 15) is 4.79 Å². The first-order valence-electron chi connectivity index (χ1n) is 5.22. The predicted octanol–water partition coefficient (Wildman–Crippen LogP) is 0.443. The van der Waals surface area contributed by atoms with Gasteiger partial charge in [0.15, 0.2) is 0 Å². The largest absolute Gasteiger partial charge is 0.376 e. The van der Waals surface area contributed by atoms with Crippen molar-refractivity contribution >= 4 is 5.91 Å². The maximum atomic E-state index is 11.3. The van der Waals surface area contributed by atoms with Crippen molar-refractivity contribution in [2.24, 2.45) is 11.8 Å². The van der Waals surface area contributed by atoms with Crippen LogP contribution in [0.1, 0.15) is 27.7 Å². The Kier molecular flexibility index (Phi) is 7.29. The molecule has 0 spiro atoms. The monoisotopic (exact) mass is 218 g/mol. The first kappa shape index (κ1) is 14.3. The Morgan fingerprint density at radius 2 is 1.73 bits per heavy atom. The Hall–Kier alpha value is -0.650. The summed E-state index contributed by atoms with van der Waals surface area (Å²) in [6, 6.07) is 0. The summed E-state index contributed by atoms with van der Waals surface area (Å²) in [6.45, 7) is 8.60. The minimum Gasteiger partial charge on any atom is -0.376 e. The predicted molar refractivity (Wildman–Crippen MR) is 58.0 cm³/mol. The van der Waals surface area contributed by atoms with Crippen LogP contribution < -0.4 is 11.3 Å². The SMILES string of the molecule is CC(C)OCCOC(C(=O)NN)C(C)C. The molecule has 0 saturated heterocycles. The van der Waals surface area contributed by atoms with E-state index < -0.39 is 6.10 Å². The normalized spacial score (nSPS) is 13.3. The van der Waals surface area contributed by atoms with E-state index in [1.165, 1.54) is 0 Å². The lowest BCUT2D eigenvalue weighted by Crippen LogP contribution is -2.43. The van der Waals surface area contributed by atoms with Crippen molar-refractivity contribution in [1.29, 1.82) is 0 Å². The molecular formula is C10H22N2O3. The van der Waals surface area contributed by atoms with Crippen LogP contribution in [0.15, 0.2) is 0 Å². The van der Waals surface area contributed by atoms with Crippen molar-refractivity contribution in [2.45, 2.75) is 39.9 Å². The number of carbonyl (C=O) groups is 1. The van der Waals surface area contributed by atoms with E-state index in [0.717, 1.165) is 0 Å². The average Bonchev–Trinajstić information content (AvgIpc) is 2.15. The van der Waals surface area contributed by atoms with E-state index >= 15 is 0 Å². The van der Waals surface area contributed by atoms with Crippen LogP contribution in [0.2, 0.25) is 0 Å². The Labute approximate surface area is 91.3 Å². The summed E-state index contributed by atoms with van der Waals surface area (Å²) < 4.78 is 10.7. The summed E-state index contributed by atoms with van der Waals surface area (Å²) in [4.78, 5) is 11.3. The summed E-state index contributed by atoms with van der Waals surface area (Å²) in [6.07, 6.45) is -0.333. The van der Waals surface area contributed by atoms with Crippen LogP contribution in [0.25, 0.3) is 0 Å². The lowest BCUT2D eigenvalue weighted by molar-refractivity contribution is -0.137. The molecule has 1 atom stereocenters. The molecule has 3 N–H and O–H groups in total. The van der Waals surface area contributed by atoms with Gasteiger partial charge in [0.1, 0.15) is 6.10 Å². The minimum absolute atomic E-state index is 0.0904. The standard InChI is InChI=1S/C10H22N2O3/c1-7(2)9(10(13)12-11)15-6-5-14-8(3)4/h7-9H,5-6,11H2,1-4H3,(H,12,13). The number of nitrogens with one attached hydrogen (secondary N) is 1. The summed E-state index contributed by atoms with van der Waals surface area (Å²) in [5.74, 6) is 4.85. The van der Waals surface area contributed by atoms with Crippen molar-refractivity contribution < 1.29 is 14.3 Å². The number of hydrogen-bond donors (Lipinski definition) is 2. The van der Waals surface area contributed by atoms with Gasteiger partial charge in [-0.3, -0.25) is 10.2 Å². The average molecular weight is 218 g/mol. The van der Waals surface area contributed by atoms with E-state index in [0.29, 0.717) is 13.2 Å². The number of ether oxygens (including phenoxy) is 2. The Morgan fingerprint density at radius 3 is 2.13 bits per heavy atom. The molecule has 0 radical (unpaired) electrons. The third-order valence-electron chi connectivity index (χ3n) is 1.84. The molecule has 0 fully saturated rings. The molecule has 0 bridgehead atoms. The molecule has 1 amide bonds. The van der Waals surface area contributed by atoms with Gasteiger partial charge in [-0.25, -0.2) is 5.84 Å². The Balaban J connectivity index is 3.82. The second-order valence-electron chi connectivity index (χ2n) is 3.96. The molecule has 0 rings (SSSR count). The zero-order valence-electron chi connectivity index (χ0n) is 9.95. The first-order chi connectivity index (χ1) is 6.99. The van der Waals surface area contributed by atoms with Crippen LogP contribution in [-0.2, 0) is 14.3 Å². The minimum atomic E-state index is -0.509. The molecular weight excluding hydrogens is 196 g/mol. The number of carbonyl (C=O) groups excluding carboxylic acids is 1. The van der Waals surface area contributed by atoms with Gasteiger partial charge < -0.3 is 9.47 Å². The van der Waals surface area contributed by atoms with Gasteiger partial charge in [-0.15, -0.1) is 0 Å². The summed E-state index contributed by atoms with van der Waals surface area (Å²) in [5.41, 5.74) is 2.09. The topological polar surface area (TPSA) is 73.6 Å². The van der Waals surface area contributed by atoms with Crippen LogP contribution >= 0.6 is 0 Å². The number of nitrogens with two attached hydrogens (primary N) is 1. The second-order valence-corrected chi connectivity index (χ2v) is 3.96.